The Bertz CT molecular complexity index is 1070. The molecular weight excluding hydrogens is 370 g/mol. The lowest BCUT2D eigenvalue weighted by molar-refractivity contribution is -0.113. The van der Waals surface area contributed by atoms with Gasteiger partial charge < -0.3 is 5.32 Å². The Morgan fingerprint density at radius 2 is 1.82 bits per heavy atom. The molecule has 1 heterocycles. The first-order chi connectivity index (χ1) is 13.4. The first kappa shape index (κ1) is 20.1. The number of thioether (sulfide) groups is 1. The van der Waals surface area contributed by atoms with Crippen molar-refractivity contribution in [3.63, 3.8) is 0 Å². The molecule has 28 heavy (non-hydrogen) atoms. The Balaban J connectivity index is 1.80. The van der Waals surface area contributed by atoms with Gasteiger partial charge in [0.15, 0.2) is 5.16 Å². The lowest BCUT2D eigenvalue weighted by atomic mass is 10.0. The van der Waals surface area contributed by atoms with E-state index in [1.54, 1.807) is 7.05 Å². The van der Waals surface area contributed by atoms with Crippen LogP contribution in [0.25, 0.3) is 10.9 Å². The number of hydrogen-bond donors (Lipinski definition) is 1. The van der Waals surface area contributed by atoms with Crippen LogP contribution in [0.5, 0.6) is 0 Å². The van der Waals surface area contributed by atoms with Crippen LogP contribution in [0, 0.1) is 6.92 Å². The number of hydrogen-bond acceptors (Lipinski definition) is 4. The normalized spacial score (nSPS) is 11.0. The van der Waals surface area contributed by atoms with Gasteiger partial charge in [0.1, 0.15) is 0 Å². The number of para-hydroxylation sites is 1. The monoisotopic (exact) mass is 395 g/mol. The second-order valence-electron chi connectivity index (χ2n) is 6.77. The molecule has 1 N–H and O–H groups in total. The lowest BCUT2D eigenvalue weighted by Crippen LogP contribution is -2.22. The van der Waals surface area contributed by atoms with Gasteiger partial charge in [0, 0.05) is 12.7 Å². The van der Waals surface area contributed by atoms with E-state index in [0.29, 0.717) is 16.1 Å². The van der Waals surface area contributed by atoms with Crippen molar-refractivity contribution >= 4 is 34.3 Å². The summed E-state index contributed by atoms with van der Waals surface area (Å²) in [5, 5.41) is 4.19. The summed E-state index contributed by atoms with van der Waals surface area (Å²) >= 11 is 1.27. The largest absolute Gasteiger partial charge is 0.325 e. The van der Waals surface area contributed by atoms with Crippen LogP contribution in [0.2, 0.25) is 0 Å². The number of benzene rings is 2. The molecule has 0 aliphatic heterocycles. The fourth-order valence-electron chi connectivity index (χ4n) is 3.20. The van der Waals surface area contributed by atoms with Crippen LogP contribution in [0.15, 0.2) is 46.3 Å². The third-order valence-corrected chi connectivity index (χ3v) is 5.82. The summed E-state index contributed by atoms with van der Waals surface area (Å²) in [6, 6.07) is 11.7. The van der Waals surface area contributed by atoms with E-state index >= 15 is 0 Å². The van der Waals surface area contributed by atoms with Crippen molar-refractivity contribution in [1.82, 2.24) is 9.55 Å². The van der Waals surface area contributed by atoms with Crippen LogP contribution >= 0.6 is 11.8 Å². The summed E-state index contributed by atoms with van der Waals surface area (Å²) in [4.78, 5) is 29.8. The van der Waals surface area contributed by atoms with E-state index in [0.717, 1.165) is 35.2 Å². The molecule has 0 radical (unpaired) electrons. The molecule has 0 aliphatic rings. The van der Waals surface area contributed by atoms with Gasteiger partial charge in [-0.3, -0.25) is 14.2 Å². The number of rotatable bonds is 6. The molecule has 2 aromatic carbocycles. The molecular formula is C22H25N3O2S. The zero-order chi connectivity index (χ0) is 20.3. The van der Waals surface area contributed by atoms with Crippen molar-refractivity contribution in [2.45, 2.75) is 38.8 Å². The Morgan fingerprint density at radius 3 is 2.46 bits per heavy atom. The molecule has 1 amide bonds. The minimum absolute atomic E-state index is 0.0961. The van der Waals surface area contributed by atoms with E-state index in [-0.39, 0.29) is 17.2 Å². The number of nitrogens with zero attached hydrogens (tertiary/aromatic N) is 2. The van der Waals surface area contributed by atoms with Gasteiger partial charge in [0.05, 0.1) is 16.7 Å². The summed E-state index contributed by atoms with van der Waals surface area (Å²) in [5.41, 5.74) is 4.75. The van der Waals surface area contributed by atoms with Crippen molar-refractivity contribution in [3.8, 4) is 0 Å². The van der Waals surface area contributed by atoms with Crippen molar-refractivity contribution < 1.29 is 4.79 Å². The van der Waals surface area contributed by atoms with E-state index in [1.165, 1.54) is 16.3 Å². The van der Waals surface area contributed by atoms with Gasteiger partial charge in [-0.2, -0.15) is 0 Å². The minimum atomic E-state index is -0.0983. The van der Waals surface area contributed by atoms with Crippen LogP contribution in [0.1, 0.15) is 30.5 Å². The van der Waals surface area contributed by atoms with Gasteiger partial charge in [-0.25, -0.2) is 4.98 Å². The second-order valence-corrected chi connectivity index (χ2v) is 7.72. The molecule has 3 rings (SSSR count). The second kappa shape index (κ2) is 8.61. The average Bonchev–Trinajstić information content (AvgIpc) is 2.70. The maximum Gasteiger partial charge on any atom is 0.261 e. The van der Waals surface area contributed by atoms with Crippen LogP contribution in [-0.4, -0.2) is 21.2 Å². The fourth-order valence-corrected chi connectivity index (χ4v) is 3.97. The van der Waals surface area contributed by atoms with E-state index in [2.05, 4.69) is 24.1 Å². The average molecular weight is 396 g/mol. The molecule has 0 spiro atoms. The number of carbonyl (C=O) groups is 1. The third kappa shape index (κ3) is 4.12. The van der Waals surface area contributed by atoms with E-state index < -0.39 is 0 Å². The van der Waals surface area contributed by atoms with Gasteiger partial charge in [0.25, 0.3) is 5.56 Å². The summed E-state index contributed by atoms with van der Waals surface area (Å²) in [6.45, 7) is 6.11. The maximum absolute atomic E-state index is 12.6. The van der Waals surface area contributed by atoms with Crippen molar-refractivity contribution in [1.29, 1.82) is 0 Å². The Labute approximate surface area is 169 Å². The van der Waals surface area contributed by atoms with Crippen LogP contribution < -0.4 is 10.9 Å². The summed E-state index contributed by atoms with van der Waals surface area (Å²) in [6.07, 6.45) is 1.72. The molecule has 0 atom stereocenters. The summed E-state index contributed by atoms with van der Waals surface area (Å²) in [7, 11) is 1.69. The SMILES string of the molecule is CCc1cccc(CC)c1NC(=O)CSc1nc2ccc(C)cc2c(=O)n1C. The Hall–Kier alpha value is -2.60. The summed E-state index contributed by atoms with van der Waals surface area (Å²) in [5.74, 6) is 0.0950. The molecule has 0 bridgehead atoms. The smallest absolute Gasteiger partial charge is 0.261 e. The Morgan fingerprint density at radius 1 is 1.14 bits per heavy atom. The van der Waals surface area contributed by atoms with Crippen molar-refractivity contribution in [2.75, 3.05) is 11.1 Å². The highest BCUT2D eigenvalue weighted by molar-refractivity contribution is 7.99. The molecule has 0 saturated heterocycles. The van der Waals surface area contributed by atoms with Gasteiger partial charge in [-0.15, -0.1) is 0 Å². The summed E-state index contributed by atoms with van der Waals surface area (Å²) < 4.78 is 1.51. The van der Waals surface area contributed by atoms with Crippen LogP contribution in [-0.2, 0) is 24.7 Å². The first-order valence-corrected chi connectivity index (χ1v) is 10.4. The predicted octanol–water partition coefficient (Wildman–Crippen LogP) is 4.10. The third-order valence-electron chi connectivity index (χ3n) is 4.79. The topological polar surface area (TPSA) is 64.0 Å². The van der Waals surface area contributed by atoms with E-state index in [9.17, 15) is 9.59 Å². The van der Waals surface area contributed by atoms with E-state index in [4.69, 9.17) is 0 Å². The molecule has 146 valence electrons. The predicted molar refractivity (Wildman–Crippen MR) is 116 cm³/mol. The zero-order valence-electron chi connectivity index (χ0n) is 16.7. The van der Waals surface area contributed by atoms with Gasteiger partial charge in [0.2, 0.25) is 5.91 Å². The van der Waals surface area contributed by atoms with Gasteiger partial charge >= 0.3 is 0 Å². The molecule has 6 heteroatoms. The number of anilines is 1. The first-order valence-electron chi connectivity index (χ1n) is 9.45. The maximum atomic E-state index is 12.6. The Kier molecular flexibility index (Phi) is 6.19. The lowest BCUT2D eigenvalue weighted by Gasteiger charge is -2.14. The van der Waals surface area contributed by atoms with Gasteiger partial charge in [-0.1, -0.05) is 55.4 Å². The number of aromatic nitrogens is 2. The number of aryl methyl sites for hydroxylation is 3. The van der Waals surface area contributed by atoms with Crippen LogP contribution in [0.4, 0.5) is 5.69 Å². The molecule has 0 aliphatic carbocycles. The quantitative estimate of drug-likeness (QED) is 0.504. The molecule has 0 unspecified atom stereocenters. The van der Waals surface area contributed by atoms with Crippen LogP contribution in [0.3, 0.4) is 0 Å². The standard InChI is InChI=1S/C22H25N3O2S/c1-5-15-8-7-9-16(6-2)20(15)24-19(26)13-28-22-23-18-11-10-14(3)12-17(18)21(27)25(22)4/h7-12H,5-6,13H2,1-4H3,(H,24,26). The molecule has 0 fully saturated rings. The highest BCUT2D eigenvalue weighted by Gasteiger charge is 2.13. The molecule has 0 saturated carbocycles. The van der Waals surface area contributed by atoms with Crippen molar-refractivity contribution in [2.24, 2.45) is 7.05 Å². The number of amides is 1. The fraction of sp³-hybridized carbons (Fsp3) is 0.318. The van der Waals surface area contributed by atoms with Gasteiger partial charge in [-0.05, 0) is 43.0 Å². The number of fused-ring (bicyclic) bond motifs is 1. The molecule has 5 nitrogen and oxygen atoms in total. The number of nitrogens with one attached hydrogen (secondary N) is 1. The highest BCUT2D eigenvalue weighted by atomic mass is 32.2. The minimum Gasteiger partial charge on any atom is -0.325 e. The molecule has 1 aromatic heterocycles. The zero-order valence-corrected chi connectivity index (χ0v) is 17.5. The van der Waals surface area contributed by atoms with Crippen molar-refractivity contribution in [3.05, 3.63) is 63.4 Å². The number of carbonyl (C=O) groups excluding carboxylic acids is 1. The van der Waals surface area contributed by atoms with E-state index in [1.807, 2.05) is 43.3 Å². The molecule has 3 aromatic rings. The highest BCUT2D eigenvalue weighted by Crippen LogP contribution is 2.24.